The molecule has 0 radical (unpaired) electrons. The fourth-order valence-electron chi connectivity index (χ4n) is 5.27. The Morgan fingerprint density at radius 3 is 2.71 bits per heavy atom. The van der Waals surface area contributed by atoms with Gasteiger partial charge in [0.1, 0.15) is 5.75 Å². The molecule has 0 amide bonds. The van der Waals surface area contributed by atoms with Crippen LogP contribution in [0.1, 0.15) is 69.9 Å². The Morgan fingerprint density at radius 2 is 1.95 bits per heavy atom. The van der Waals surface area contributed by atoms with Crippen LogP contribution in [0.5, 0.6) is 5.75 Å². The summed E-state index contributed by atoms with van der Waals surface area (Å²) in [5, 5.41) is 0. The molecule has 3 atom stereocenters. The van der Waals surface area contributed by atoms with Gasteiger partial charge in [0, 0.05) is 0 Å². The summed E-state index contributed by atoms with van der Waals surface area (Å²) < 4.78 is 5.55. The monoisotopic (exact) mass is 286 g/mol. The third-order valence-corrected chi connectivity index (χ3v) is 6.30. The Morgan fingerprint density at radius 1 is 1.14 bits per heavy atom. The zero-order chi connectivity index (χ0) is 14.9. The third kappa shape index (κ3) is 2.49. The first kappa shape index (κ1) is 14.9. The first-order chi connectivity index (χ1) is 10.2. The normalized spacial score (nSPS) is 32.5. The number of ether oxygens (including phenoxy) is 1. The van der Waals surface area contributed by atoms with Crippen LogP contribution in [0.25, 0.3) is 0 Å². The highest BCUT2D eigenvalue weighted by atomic mass is 16.5. The summed E-state index contributed by atoms with van der Waals surface area (Å²) in [6.07, 6.45) is 11.0. The Bertz CT molecular complexity index is 489. The maximum atomic E-state index is 5.55. The van der Waals surface area contributed by atoms with Crippen molar-refractivity contribution in [1.82, 2.24) is 0 Å². The molecule has 1 aromatic carbocycles. The Labute approximate surface area is 130 Å². The van der Waals surface area contributed by atoms with Gasteiger partial charge in [-0.3, -0.25) is 0 Å². The largest absolute Gasteiger partial charge is 0.497 e. The van der Waals surface area contributed by atoms with Crippen molar-refractivity contribution in [2.75, 3.05) is 7.11 Å². The minimum atomic E-state index is 0.440. The van der Waals surface area contributed by atoms with E-state index in [1.807, 2.05) is 0 Å². The molecule has 0 saturated heterocycles. The first-order valence-corrected chi connectivity index (χ1v) is 8.88. The highest BCUT2D eigenvalue weighted by Crippen LogP contribution is 2.55. The maximum absolute atomic E-state index is 5.55. The number of aryl methyl sites for hydroxylation is 1. The molecule has 0 aromatic heterocycles. The predicted octanol–water partition coefficient (Wildman–Crippen LogP) is 5.51. The summed E-state index contributed by atoms with van der Waals surface area (Å²) in [6.45, 7) is 4.79. The lowest BCUT2D eigenvalue weighted by Crippen LogP contribution is -2.44. The number of methoxy groups -OCH3 is 1. The highest BCUT2D eigenvalue weighted by Gasteiger charge is 2.47. The van der Waals surface area contributed by atoms with Gasteiger partial charge in [-0.15, -0.1) is 0 Å². The summed E-state index contributed by atoms with van der Waals surface area (Å²) >= 11 is 0. The van der Waals surface area contributed by atoms with Crippen LogP contribution in [0.15, 0.2) is 18.2 Å². The van der Waals surface area contributed by atoms with Crippen molar-refractivity contribution in [2.45, 2.75) is 70.6 Å². The molecule has 21 heavy (non-hydrogen) atoms. The van der Waals surface area contributed by atoms with Crippen molar-refractivity contribution < 1.29 is 4.74 Å². The molecule has 2 aliphatic rings. The second-order valence-corrected chi connectivity index (χ2v) is 7.25. The Hall–Kier alpha value is -0.980. The molecule has 2 aliphatic carbocycles. The van der Waals surface area contributed by atoms with Crippen molar-refractivity contribution >= 4 is 0 Å². The van der Waals surface area contributed by atoms with Gasteiger partial charge in [-0.25, -0.2) is 0 Å². The molecular formula is C20H30O. The molecule has 0 aliphatic heterocycles. The molecule has 3 rings (SSSR count). The van der Waals surface area contributed by atoms with Crippen molar-refractivity contribution in [3.05, 3.63) is 29.3 Å². The number of rotatable bonds is 3. The summed E-state index contributed by atoms with van der Waals surface area (Å²) in [7, 11) is 1.80. The summed E-state index contributed by atoms with van der Waals surface area (Å²) in [4.78, 5) is 0. The number of hydrogen-bond acceptors (Lipinski definition) is 1. The minimum Gasteiger partial charge on any atom is -0.497 e. The quantitative estimate of drug-likeness (QED) is 0.712. The van der Waals surface area contributed by atoms with Gasteiger partial charge in [0.2, 0.25) is 0 Å². The Balaban J connectivity index is 2.10. The average molecular weight is 286 g/mol. The molecule has 0 bridgehead atoms. The second-order valence-electron chi connectivity index (χ2n) is 7.25. The second kappa shape index (κ2) is 6.02. The van der Waals surface area contributed by atoms with Crippen LogP contribution in [-0.4, -0.2) is 7.11 Å². The average Bonchev–Trinajstić information content (AvgIpc) is 2.54. The van der Waals surface area contributed by atoms with E-state index in [4.69, 9.17) is 4.74 Å². The minimum absolute atomic E-state index is 0.440. The van der Waals surface area contributed by atoms with E-state index in [0.29, 0.717) is 5.41 Å². The van der Waals surface area contributed by atoms with Gasteiger partial charge in [0.15, 0.2) is 0 Å². The van der Waals surface area contributed by atoms with E-state index in [9.17, 15) is 0 Å². The van der Waals surface area contributed by atoms with Gasteiger partial charge in [0.25, 0.3) is 0 Å². The molecule has 1 aromatic rings. The fourth-order valence-corrected chi connectivity index (χ4v) is 5.27. The van der Waals surface area contributed by atoms with Crippen LogP contribution >= 0.6 is 0 Å². The van der Waals surface area contributed by atoms with Gasteiger partial charge in [-0.2, -0.15) is 0 Å². The van der Waals surface area contributed by atoms with Gasteiger partial charge >= 0.3 is 0 Å². The maximum Gasteiger partial charge on any atom is 0.119 e. The van der Waals surface area contributed by atoms with E-state index in [2.05, 4.69) is 32.0 Å². The molecule has 2 saturated carbocycles. The molecular weight excluding hydrogens is 256 g/mol. The summed E-state index contributed by atoms with van der Waals surface area (Å²) in [5.74, 6) is 2.81. The zero-order valence-corrected chi connectivity index (χ0v) is 14.0. The van der Waals surface area contributed by atoms with E-state index < -0.39 is 0 Å². The molecule has 1 nitrogen and oxygen atoms in total. The van der Waals surface area contributed by atoms with Crippen molar-refractivity contribution in [1.29, 1.82) is 0 Å². The van der Waals surface area contributed by atoms with E-state index >= 15 is 0 Å². The number of benzene rings is 1. The molecule has 1 heteroatoms. The van der Waals surface area contributed by atoms with E-state index in [-0.39, 0.29) is 0 Å². The molecule has 0 N–H and O–H groups in total. The first-order valence-electron chi connectivity index (χ1n) is 8.88. The SMILES string of the molecule is CCc1ccc(OC)cc1[C@@]12CCCCC1[C@@H](C)CCC2. The topological polar surface area (TPSA) is 9.23 Å². The van der Waals surface area contributed by atoms with Crippen molar-refractivity contribution in [2.24, 2.45) is 11.8 Å². The molecule has 116 valence electrons. The van der Waals surface area contributed by atoms with Crippen LogP contribution in [0, 0.1) is 11.8 Å². The van der Waals surface area contributed by atoms with E-state index in [1.165, 1.54) is 44.9 Å². The number of fused-ring (bicyclic) bond motifs is 1. The molecule has 1 unspecified atom stereocenters. The fraction of sp³-hybridized carbons (Fsp3) is 0.700. The van der Waals surface area contributed by atoms with Crippen LogP contribution in [0.4, 0.5) is 0 Å². The lowest BCUT2D eigenvalue weighted by atomic mass is 9.53. The summed E-state index contributed by atoms with van der Waals surface area (Å²) in [5.41, 5.74) is 3.62. The van der Waals surface area contributed by atoms with Crippen LogP contribution in [-0.2, 0) is 11.8 Å². The van der Waals surface area contributed by atoms with Crippen molar-refractivity contribution in [3.8, 4) is 5.75 Å². The Kier molecular flexibility index (Phi) is 4.28. The standard InChI is InChI=1S/C20H30O/c1-4-16-10-11-17(21-3)14-19(16)20-12-6-5-9-18(20)15(2)8-7-13-20/h10-11,14-15,18H,4-9,12-13H2,1-3H3/t15-,18?,20+/m0/s1. The zero-order valence-electron chi connectivity index (χ0n) is 14.0. The van der Waals surface area contributed by atoms with Gasteiger partial charge in [0.05, 0.1) is 7.11 Å². The lowest BCUT2D eigenvalue weighted by Gasteiger charge is -2.52. The van der Waals surface area contributed by atoms with Gasteiger partial charge in [-0.05, 0) is 66.2 Å². The number of hydrogen-bond donors (Lipinski definition) is 0. The highest BCUT2D eigenvalue weighted by molar-refractivity contribution is 5.42. The van der Waals surface area contributed by atoms with Crippen molar-refractivity contribution in [3.63, 3.8) is 0 Å². The summed E-state index contributed by atoms with van der Waals surface area (Å²) in [6, 6.07) is 6.83. The van der Waals surface area contributed by atoms with Crippen LogP contribution < -0.4 is 4.74 Å². The lowest BCUT2D eigenvalue weighted by molar-refractivity contribution is 0.0744. The van der Waals surface area contributed by atoms with Crippen LogP contribution in [0.2, 0.25) is 0 Å². The van der Waals surface area contributed by atoms with E-state index in [0.717, 1.165) is 24.0 Å². The van der Waals surface area contributed by atoms with E-state index in [1.54, 1.807) is 18.2 Å². The molecule has 2 fully saturated rings. The van der Waals surface area contributed by atoms with Gasteiger partial charge in [-0.1, -0.05) is 45.6 Å². The molecule has 0 heterocycles. The molecule has 0 spiro atoms. The van der Waals surface area contributed by atoms with Gasteiger partial charge < -0.3 is 4.74 Å². The predicted molar refractivity (Wildman–Crippen MR) is 89.0 cm³/mol. The third-order valence-electron chi connectivity index (χ3n) is 6.30. The smallest absolute Gasteiger partial charge is 0.119 e. The van der Waals surface area contributed by atoms with Crippen LogP contribution in [0.3, 0.4) is 0 Å².